The van der Waals surface area contributed by atoms with E-state index < -0.39 is 6.10 Å². The number of β-amino-alcohol motifs (C(OH)–C–C–N with tert-alkyl or cyclic N) is 1. The molecule has 3 rings (SSSR count). The topological polar surface area (TPSA) is 85.5 Å². The molecule has 7 heteroatoms. The van der Waals surface area contributed by atoms with Gasteiger partial charge >= 0.3 is 0 Å². The normalized spacial score (nSPS) is 16.2. The molecule has 0 amide bonds. The lowest BCUT2D eigenvalue weighted by molar-refractivity contribution is 0.0662. The summed E-state index contributed by atoms with van der Waals surface area (Å²) >= 11 is 0. The molecule has 2 heterocycles. The van der Waals surface area contributed by atoms with E-state index in [2.05, 4.69) is 25.8 Å². The number of aliphatic hydroxyl groups excluding tert-OH is 1. The molecule has 0 spiro atoms. The molecule has 1 aliphatic rings. The maximum Gasteiger partial charge on any atom is 0.147 e. The first-order chi connectivity index (χ1) is 12.2. The molecule has 130 valence electrons. The molecular weight excluding hydrogens is 318 g/mol. The zero-order valence-electron chi connectivity index (χ0n) is 14.0. The number of anilines is 1. The second-order valence-corrected chi connectivity index (χ2v) is 5.95. The molecule has 0 unspecified atom stereocenters. The van der Waals surface area contributed by atoms with Crippen LogP contribution in [0.2, 0.25) is 0 Å². The third-order valence-electron chi connectivity index (χ3n) is 4.14. The highest BCUT2D eigenvalue weighted by Crippen LogP contribution is 2.13. The monoisotopic (exact) mass is 339 g/mol. The van der Waals surface area contributed by atoms with Crippen molar-refractivity contribution >= 4 is 5.82 Å². The number of piperazine rings is 1. The van der Waals surface area contributed by atoms with Gasteiger partial charge in [-0.3, -0.25) is 9.88 Å². The van der Waals surface area contributed by atoms with Crippen molar-refractivity contribution < 1.29 is 9.84 Å². The molecule has 0 radical (unpaired) electrons. The van der Waals surface area contributed by atoms with Crippen LogP contribution in [0.25, 0.3) is 0 Å². The lowest BCUT2D eigenvalue weighted by Crippen LogP contribution is -2.49. The largest absolute Gasteiger partial charge is 0.491 e. The Hall–Kier alpha value is -2.69. The number of nitrogens with zero attached hydrogens (tertiary/aromatic N) is 5. The van der Waals surface area contributed by atoms with Crippen LogP contribution in [-0.4, -0.2) is 65.4 Å². The summed E-state index contributed by atoms with van der Waals surface area (Å²) in [4.78, 5) is 12.8. The Morgan fingerprint density at radius 1 is 1.16 bits per heavy atom. The number of nitriles is 1. The number of rotatable bonds is 6. The SMILES string of the molecule is N#Cc1ccc(OC[C@@H](O)CN2CCN(c3cnccn3)CC2)cc1. The summed E-state index contributed by atoms with van der Waals surface area (Å²) in [7, 11) is 0. The van der Waals surface area contributed by atoms with Gasteiger partial charge in [0.05, 0.1) is 17.8 Å². The molecule has 1 aromatic heterocycles. The summed E-state index contributed by atoms with van der Waals surface area (Å²) in [6.07, 6.45) is 4.59. The highest BCUT2D eigenvalue weighted by molar-refractivity contribution is 5.36. The van der Waals surface area contributed by atoms with Crippen molar-refractivity contribution in [2.45, 2.75) is 6.10 Å². The lowest BCUT2D eigenvalue weighted by Gasteiger charge is -2.36. The van der Waals surface area contributed by atoms with Gasteiger partial charge in [-0.05, 0) is 24.3 Å². The minimum absolute atomic E-state index is 0.232. The van der Waals surface area contributed by atoms with Crippen LogP contribution in [0.15, 0.2) is 42.9 Å². The van der Waals surface area contributed by atoms with E-state index in [-0.39, 0.29) is 6.61 Å². The van der Waals surface area contributed by atoms with E-state index >= 15 is 0 Å². The maximum absolute atomic E-state index is 10.2. The second kappa shape index (κ2) is 8.42. The predicted molar refractivity (Wildman–Crippen MR) is 93.3 cm³/mol. The van der Waals surface area contributed by atoms with Gasteiger partial charge in [-0.2, -0.15) is 5.26 Å². The van der Waals surface area contributed by atoms with Crippen LogP contribution < -0.4 is 9.64 Å². The zero-order valence-corrected chi connectivity index (χ0v) is 14.0. The Morgan fingerprint density at radius 2 is 1.92 bits per heavy atom. The molecule has 25 heavy (non-hydrogen) atoms. The van der Waals surface area contributed by atoms with Crippen LogP contribution in [0.4, 0.5) is 5.82 Å². The van der Waals surface area contributed by atoms with E-state index in [1.54, 1.807) is 42.9 Å². The Kier molecular flexibility index (Phi) is 5.77. The van der Waals surface area contributed by atoms with Crippen LogP contribution in [0.5, 0.6) is 5.75 Å². The number of aliphatic hydroxyl groups is 1. The fourth-order valence-corrected chi connectivity index (χ4v) is 2.78. The van der Waals surface area contributed by atoms with Gasteiger partial charge in [0.25, 0.3) is 0 Å². The van der Waals surface area contributed by atoms with Gasteiger partial charge < -0.3 is 14.7 Å². The summed E-state index contributed by atoms with van der Waals surface area (Å²) in [5, 5.41) is 19.0. The van der Waals surface area contributed by atoms with E-state index in [9.17, 15) is 5.11 Å². The molecule has 0 saturated carbocycles. The molecule has 1 saturated heterocycles. The van der Waals surface area contributed by atoms with Gasteiger partial charge in [-0.1, -0.05) is 0 Å². The van der Waals surface area contributed by atoms with E-state index in [4.69, 9.17) is 10.00 Å². The van der Waals surface area contributed by atoms with Crippen molar-refractivity contribution in [3.8, 4) is 11.8 Å². The van der Waals surface area contributed by atoms with Crippen molar-refractivity contribution in [3.63, 3.8) is 0 Å². The van der Waals surface area contributed by atoms with Crippen molar-refractivity contribution in [3.05, 3.63) is 48.4 Å². The van der Waals surface area contributed by atoms with Crippen molar-refractivity contribution in [1.29, 1.82) is 5.26 Å². The lowest BCUT2D eigenvalue weighted by atomic mass is 10.2. The van der Waals surface area contributed by atoms with E-state index in [0.717, 1.165) is 32.0 Å². The molecule has 1 atom stereocenters. The van der Waals surface area contributed by atoms with Crippen molar-refractivity contribution in [2.24, 2.45) is 0 Å². The molecule has 1 aromatic carbocycles. The number of ether oxygens (including phenoxy) is 1. The number of hydrogen-bond donors (Lipinski definition) is 1. The van der Waals surface area contributed by atoms with Gasteiger partial charge in [0, 0.05) is 45.1 Å². The zero-order chi connectivity index (χ0) is 17.5. The van der Waals surface area contributed by atoms with Crippen LogP contribution in [0, 0.1) is 11.3 Å². The van der Waals surface area contributed by atoms with Gasteiger partial charge in [0.2, 0.25) is 0 Å². The van der Waals surface area contributed by atoms with Crippen molar-refractivity contribution in [1.82, 2.24) is 14.9 Å². The maximum atomic E-state index is 10.2. The molecule has 1 N–H and O–H groups in total. The Labute approximate surface area is 147 Å². The fraction of sp³-hybridized carbons (Fsp3) is 0.389. The standard InChI is InChI=1S/C18H21N5O2/c19-11-15-1-3-17(4-2-15)25-14-16(24)13-22-7-9-23(10-8-22)18-12-20-5-6-21-18/h1-6,12,16,24H,7-10,13-14H2/t16-/m0/s1. The molecule has 7 nitrogen and oxygen atoms in total. The van der Waals surface area contributed by atoms with Crippen LogP contribution >= 0.6 is 0 Å². The molecule has 1 fully saturated rings. The van der Waals surface area contributed by atoms with E-state index in [1.807, 2.05) is 0 Å². The first-order valence-corrected chi connectivity index (χ1v) is 8.29. The van der Waals surface area contributed by atoms with Crippen molar-refractivity contribution in [2.75, 3.05) is 44.2 Å². The fourth-order valence-electron chi connectivity index (χ4n) is 2.78. The second-order valence-electron chi connectivity index (χ2n) is 5.95. The quantitative estimate of drug-likeness (QED) is 0.837. The smallest absolute Gasteiger partial charge is 0.147 e. The average molecular weight is 339 g/mol. The number of benzene rings is 1. The molecule has 0 aliphatic carbocycles. The highest BCUT2D eigenvalue weighted by atomic mass is 16.5. The molecular formula is C18H21N5O2. The summed E-state index contributed by atoms with van der Waals surface area (Å²) in [5.74, 6) is 1.55. The highest BCUT2D eigenvalue weighted by Gasteiger charge is 2.20. The third-order valence-corrected chi connectivity index (χ3v) is 4.14. The first-order valence-electron chi connectivity index (χ1n) is 8.29. The van der Waals surface area contributed by atoms with Crippen LogP contribution in [-0.2, 0) is 0 Å². The Balaban J connectivity index is 1.40. The minimum atomic E-state index is -0.557. The Bertz CT molecular complexity index is 694. The summed E-state index contributed by atoms with van der Waals surface area (Å²) < 4.78 is 5.58. The molecule has 1 aliphatic heterocycles. The average Bonchev–Trinajstić information content (AvgIpc) is 2.68. The first kappa shape index (κ1) is 17.1. The van der Waals surface area contributed by atoms with Crippen LogP contribution in [0.1, 0.15) is 5.56 Å². The number of hydrogen-bond acceptors (Lipinski definition) is 7. The molecule has 2 aromatic rings. The Morgan fingerprint density at radius 3 is 2.56 bits per heavy atom. The van der Waals surface area contributed by atoms with E-state index in [1.165, 1.54) is 0 Å². The summed E-state index contributed by atoms with van der Waals surface area (Å²) in [6, 6.07) is 8.95. The predicted octanol–water partition coefficient (Wildman–Crippen LogP) is 0.910. The van der Waals surface area contributed by atoms with E-state index in [0.29, 0.717) is 17.9 Å². The number of aromatic nitrogens is 2. The summed E-state index contributed by atoms with van der Waals surface area (Å²) in [6.45, 7) is 4.26. The van der Waals surface area contributed by atoms with Gasteiger partial charge in [0.1, 0.15) is 24.3 Å². The third kappa shape index (κ3) is 4.89. The molecule has 0 bridgehead atoms. The van der Waals surface area contributed by atoms with Gasteiger partial charge in [-0.15, -0.1) is 0 Å². The minimum Gasteiger partial charge on any atom is -0.491 e. The van der Waals surface area contributed by atoms with Crippen LogP contribution in [0.3, 0.4) is 0 Å². The van der Waals surface area contributed by atoms with Gasteiger partial charge in [-0.25, -0.2) is 4.98 Å². The van der Waals surface area contributed by atoms with Gasteiger partial charge in [0.15, 0.2) is 0 Å². The summed E-state index contributed by atoms with van der Waals surface area (Å²) in [5.41, 5.74) is 0.592.